The van der Waals surface area contributed by atoms with Gasteiger partial charge in [-0.25, -0.2) is 8.78 Å². The number of carbonyl (C=O) groups is 2. The van der Waals surface area contributed by atoms with Gasteiger partial charge in [0.2, 0.25) is 0 Å². The summed E-state index contributed by atoms with van der Waals surface area (Å²) < 4.78 is 26.1. The van der Waals surface area contributed by atoms with Gasteiger partial charge in [0.1, 0.15) is 5.69 Å². The Bertz CT molecular complexity index is 779. The van der Waals surface area contributed by atoms with E-state index in [4.69, 9.17) is 0 Å². The lowest BCUT2D eigenvalue weighted by atomic mass is 10.1. The fraction of sp³-hybridized carbons (Fsp3) is 0.278. The van der Waals surface area contributed by atoms with E-state index < -0.39 is 17.5 Å². The third-order valence-electron chi connectivity index (χ3n) is 3.44. The highest BCUT2D eigenvalue weighted by Crippen LogP contribution is 2.14. The smallest absolute Gasteiger partial charge is 0.269 e. The zero-order chi connectivity index (χ0) is 18.4. The van der Waals surface area contributed by atoms with Gasteiger partial charge in [0.05, 0.1) is 0 Å². The first-order chi connectivity index (χ1) is 11.9. The summed E-state index contributed by atoms with van der Waals surface area (Å²) in [5.41, 5.74) is 0.416. The van der Waals surface area contributed by atoms with Crippen molar-refractivity contribution >= 4 is 17.5 Å². The number of hydrogen-bond donors (Lipinski definition) is 2. The van der Waals surface area contributed by atoms with E-state index >= 15 is 0 Å². The van der Waals surface area contributed by atoms with E-state index in [1.54, 1.807) is 0 Å². The largest absolute Gasteiger partial charge is 0.351 e. The summed E-state index contributed by atoms with van der Waals surface area (Å²) >= 11 is 0. The predicted molar refractivity (Wildman–Crippen MR) is 90.3 cm³/mol. The molecule has 2 aromatic rings. The van der Waals surface area contributed by atoms with Crippen LogP contribution >= 0.6 is 0 Å². The molecule has 1 aromatic heterocycles. The highest BCUT2D eigenvalue weighted by Gasteiger charge is 2.13. The van der Waals surface area contributed by atoms with Crippen molar-refractivity contribution in [2.75, 3.05) is 11.9 Å². The van der Waals surface area contributed by atoms with Crippen molar-refractivity contribution in [1.82, 2.24) is 10.3 Å². The molecule has 5 nitrogen and oxygen atoms in total. The summed E-state index contributed by atoms with van der Waals surface area (Å²) in [6.45, 7) is 4.62. The highest BCUT2D eigenvalue weighted by molar-refractivity contribution is 6.05. The fourth-order valence-corrected chi connectivity index (χ4v) is 2.04. The van der Waals surface area contributed by atoms with Crippen LogP contribution in [0.25, 0.3) is 0 Å². The SMILES string of the molecule is CC(C)CCNC(=O)c1cc(C(=O)Nc2ccc(F)c(F)c2)ccn1. The van der Waals surface area contributed by atoms with Gasteiger partial charge in [-0.2, -0.15) is 0 Å². The van der Waals surface area contributed by atoms with Crippen LogP contribution in [0.15, 0.2) is 36.5 Å². The van der Waals surface area contributed by atoms with Gasteiger partial charge >= 0.3 is 0 Å². The molecule has 0 fully saturated rings. The van der Waals surface area contributed by atoms with Crippen molar-refractivity contribution in [1.29, 1.82) is 0 Å². The molecule has 2 amide bonds. The molecule has 2 N–H and O–H groups in total. The zero-order valence-electron chi connectivity index (χ0n) is 14.0. The maximum atomic E-state index is 13.2. The van der Waals surface area contributed by atoms with Crippen LogP contribution in [0.5, 0.6) is 0 Å². The van der Waals surface area contributed by atoms with E-state index in [0.717, 1.165) is 18.6 Å². The van der Waals surface area contributed by atoms with E-state index in [-0.39, 0.29) is 22.9 Å². The van der Waals surface area contributed by atoms with Gasteiger partial charge < -0.3 is 10.6 Å². The molecule has 0 unspecified atom stereocenters. The molecule has 7 heteroatoms. The predicted octanol–water partition coefficient (Wildman–Crippen LogP) is 3.39. The Labute approximate surface area is 144 Å². The van der Waals surface area contributed by atoms with Crippen molar-refractivity contribution in [3.05, 3.63) is 59.4 Å². The Morgan fingerprint density at radius 2 is 1.84 bits per heavy atom. The van der Waals surface area contributed by atoms with Crippen molar-refractivity contribution in [2.24, 2.45) is 5.92 Å². The van der Waals surface area contributed by atoms with Gasteiger partial charge in [-0.3, -0.25) is 14.6 Å². The molecule has 1 aromatic carbocycles. The first-order valence-electron chi connectivity index (χ1n) is 7.87. The number of aromatic nitrogens is 1. The molecule has 0 bridgehead atoms. The second kappa shape index (κ2) is 8.32. The van der Waals surface area contributed by atoms with Crippen LogP contribution in [0.3, 0.4) is 0 Å². The van der Waals surface area contributed by atoms with E-state index in [1.807, 2.05) is 13.8 Å². The third-order valence-corrected chi connectivity index (χ3v) is 3.44. The van der Waals surface area contributed by atoms with Gasteiger partial charge in [0.25, 0.3) is 11.8 Å². The van der Waals surface area contributed by atoms with Crippen LogP contribution in [-0.2, 0) is 0 Å². The van der Waals surface area contributed by atoms with Crippen LogP contribution < -0.4 is 10.6 Å². The lowest BCUT2D eigenvalue weighted by molar-refractivity contribution is 0.0947. The Balaban J connectivity index is 2.05. The lowest BCUT2D eigenvalue weighted by Crippen LogP contribution is -2.26. The summed E-state index contributed by atoms with van der Waals surface area (Å²) in [4.78, 5) is 28.2. The fourth-order valence-electron chi connectivity index (χ4n) is 2.04. The van der Waals surface area contributed by atoms with E-state index in [9.17, 15) is 18.4 Å². The third kappa shape index (κ3) is 5.34. The van der Waals surface area contributed by atoms with Crippen molar-refractivity contribution in [2.45, 2.75) is 20.3 Å². The molecule has 0 saturated carbocycles. The minimum absolute atomic E-state index is 0.113. The molecule has 0 aliphatic carbocycles. The first-order valence-corrected chi connectivity index (χ1v) is 7.87. The minimum Gasteiger partial charge on any atom is -0.351 e. The minimum atomic E-state index is -1.06. The molecule has 0 atom stereocenters. The van der Waals surface area contributed by atoms with Crippen molar-refractivity contribution < 1.29 is 18.4 Å². The average Bonchev–Trinajstić information content (AvgIpc) is 2.58. The maximum Gasteiger partial charge on any atom is 0.269 e. The Kier molecular flexibility index (Phi) is 6.16. The molecule has 0 spiro atoms. The molecule has 0 radical (unpaired) electrons. The van der Waals surface area contributed by atoms with Crippen LogP contribution in [0, 0.1) is 17.6 Å². The summed E-state index contributed by atoms with van der Waals surface area (Å²) in [5, 5.41) is 5.18. The standard InChI is InChI=1S/C18H19F2N3O2/c1-11(2)5-7-22-18(25)16-9-12(6-8-21-16)17(24)23-13-3-4-14(19)15(20)10-13/h3-4,6,8-11H,5,7H2,1-2H3,(H,22,25)(H,23,24). The van der Waals surface area contributed by atoms with Crippen LogP contribution in [-0.4, -0.2) is 23.3 Å². The van der Waals surface area contributed by atoms with Gasteiger partial charge in [-0.15, -0.1) is 0 Å². The zero-order valence-corrected chi connectivity index (χ0v) is 14.0. The van der Waals surface area contributed by atoms with Crippen LogP contribution in [0.1, 0.15) is 41.1 Å². The lowest BCUT2D eigenvalue weighted by Gasteiger charge is -2.08. The number of hydrogen-bond acceptors (Lipinski definition) is 3. The van der Waals surface area contributed by atoms with E-state index in [0.29, 0.717) is 12.5 Å². The summed E-state index contributed by atoms with van der Waals surface area (Å²) in [6.07, 6.45) is 2.18. The first kappa shape index (κ1) is 18.5. The molecular weight excluding hydrogens is 328 g/mol. The Hall–Kier alpha value is -2.83. The second-order valence-electron chi connectivity index (χ2n) is 5.95. The molecule has 1 heterocycles. The highest BCUT2D eigenvalue weighted by atomic mass is 19.2. The van der Waals surface area contributed by atoms with Crippen molar-refractivity contribution in [3.8, 4) is 0 Å². The number of benzene rings is 1. The Morgan fingerprint density at radius 3 is 2.52 bits per heavy atom. The van der Waals surface area contributed by atoms with Gasteiger partial charge in [0.15, 0.2) is 11.6 Å². The monoisotopic (exact) mass is 347 g/mol. The number of anilines is 1. The maximum absolute atomic E-state index is 13.2. The van der Waals surface area contributed by atoms with E-state index in [2.05, 4.69) is 15.6 Å². The quantitative estimate of drug-likeness (QED) is 0.841. The number of carbonyl (C=O) groups excluding carboxylic acids is 2. The number of amides is 2. The average molecular weight is 347 g/mol. The number of rotatable bonds is 6. The molecule has 132 valence electrons. The van der Waals surface area contributed by atoms with Crippen molar-refractivity contribution in [3.63, 3.8) is 0 Å². The normalized spacial score (nSPS) is 10.6. The number of nitrogens with one attached hydrogen (secondary N) is 2. The second-order valence-corrected chi connectivity index (χ2v) is 5.95. The van der Waals surface area contributed by atoms with Crippen LogP contribution in [0.2, 0.25) is 0 Å². The molecular formula is C18H19F2N3O2. The number of pyridine rings is 1. The molecule has 0 aliphatic heterocycles. The van der Waals surface area contributed by atoms with Gasteiger partial charge in [-0.1, -0.05) is 13.8 Å². The van der Waals surface area contributed by atoms with Gasteiger partial charge in [0, 0.05) is 30.1 Å². The van der Waals surface area contributed by atoms with E-state index in [1.165, 1.54) is 24.4 Å². The summed E-state index contributed by atoms with van der Waals surface area (Å²) in [5.74, 6) is -2.52. The summed E-state index contributed by atoms with van der Waals surface area (Å²) in [6, 6.07) is 5.83. The Morgan fingerprint density at radius 1 is 1.08 bits per heavy atom. The molecule has 0 aliphatic rings. The topological polar surface area (TPSA) is 71.1 Å². The molecule has 25 heavy (non-hydrogen) atoms. The number of halogens is 2. The van der Waals surface area contributed by atoms with Gasteiger partial charge in [-0.05, 0) is 36.6 Å². The summed E-state index contributed by atoms with van der Waals surface area (Å²) in [7, 11) is 0. The molecule has 2 rings (SSSR count). The molecule has 0 saturated heterocycles. The van der Waals surface area contributed by atoms with Crippen LogP contribution in [0.4, 0.5) is 14.5 Å². The number of nitrogens with zero attached hydrogens (tertiary/aromatic N) is 1.